The van der Waals surface area contributed by atoms with Crippen molar-refractivity contribution in [3.05, 3.63) is 109 Å². The fraction of sp³-hybridized carbons (Fsp3) is 0. The van der Waals surface area contributed by atoms with Gasteiger partial charge in [0.1, 0.15) is 7.85 Å². The van der Waals surface area contributed by atoms with Gasteiger partial charge in [-0.2, -0.15) is 0 Å². The smallest absolute Gasteiger partial charge is 0.164 e. The highest BCUT2D eigenvalue weighted by atomic mass is 15.0. The normalized spacial score (nSPS) is 10.7. The van der Waals surface area contributed by atoms with E-state index in [9.17, 15) is 0 Å². The van der Waals surface area contributed by atoms with Crippen LogP contribution in [0.2, 0.25) is 0 Å². The Labute approximate surface area is 182 Å². The second-order valence-electron chi connectivity index (χ2n) is 7.49. The van der Waals surface area contributed by atoms with E-state index in [1.54, 1.807) is 0 Å². The minimum Gasteiger partial charge on any atom is -0.208 e. The number of hydrogen-bond acceptors (Lipinski definition) is 3. The van der Waals surface area contributed by atoms with Gasteiger partial charge in [0.2, 0.25) is 0 Å². The summed E-state index contributed by atoms with van der Waals surface area (Å²) in [7, 11) is 2.08. The molecule has 0 aliphatic heterocycles. The summed E-state index contributed by atoms with van der Waals surface area (Å²) >= 11 is 0. The average Bonchev–Trinajstić information content (AvgIpc) is 2.85. The number of nitrogens with zero attached hydrogens (tertiary/aromatic N) is 3. The lowest BCUT2D eigenvalue weighted by atomic mass is 9.94. The minimum absolute atomic E-state index is 0.670. The van der Waals surface area contributed by atoms with Crippen molar-refractivity contribution >= 4 is 13.3 Å². The molecule has 0 atom stereocenters. The van der Waals surface area contributed by atoms with Gasteiger partial charge in [-0.3, -0.25) is 0 Å². The SMILES string of the molecule is Bc1cccc(-c2nc(-c3ccccc3)nc(-c3cccc(-c4ccccc4)c3)n2)c1. The molecule has 4 heteroatoms. The van der Waals surface area contributed by atoms with Gasteiger partial charge in [-0.15, -0.1) is 0 Å². The van der Waals surface area contributed by atoms with Crippen LogP contribution in [0.4, 0.5) is 0 Å². The first-order valence-corrected chi connectivity index (χ1v) is 10.3. The molecular formula is C27H20BN3. The molecule has 0 unspecified atom stereocenters. The van der Waals surface area contributed by atoms with Crippen LogP contribution in [0.1, 0.15) is 0 Å². The van der Waals surface area contributed by atoms with Crippen molar-refractivity contribution in [2.45, 2.75) is 0 Å². The van der Waals surface area contributed by atoms with Crippen LogP contribution in [0.3, 0.4) is 0 Å². The Morgan fingerprint density at radius 2 is 0.839 bits per heavy atom. The molecule has 3 nitrogen and oxygen atoms in total. The van der Waals surface area contributed by atoms with Crippen LogP contribution < -0.4 is 5.46 Å². The summed E-state index contributed by atoms with van der Waals surface area (Å²) in [6.45, 7) is 0. The lowest BCUT2D eigenvalue weighted by Gasteiger charge is -2.10. The van der Waals surface area contributed by atoms with Gasteiger partial charge in [0.15, 0.2) is 17.5 Å². The molecule has 5 rings (SSSR count). The van der Waals surface area contributed by atoms with E-state index >= 15 is 0 Å². The maximum Gasteiger partial charge on any atom is 0.164 e. The number of aromatic nitrogens is 3. The van der Waals surface area contributed by atoms with E-state index in [1.165, 1.54) is 11.0 Å². The molecule has 0 fully saturated rings. The molecule has 0 amide bonds. The average molecular weight is 397 g/mol. The molecule has 0 aliphatic rings. The van der Waals surface area contributed by atoms with Gasteiger partial charge in [0.25, 0.3) is 0 Å². The molecule has 31 heavy (non-hydrogen) atoms. The Bertz CT molecular complexity index is 1340. The molecule has 146 valence electrons. The lowest BCUT2D eigenvalue weighted by molar-refractivity contribution is 1.07. The summed E-state index contributed by atoms with van der Waals surface area (Å²) in [4.78, 5) is 14.5. The van der Waals surface area contributed by atoms with Crippen LogP contribution in [0.15, 0.2) is 109 Å². The maximum absolute atomic E-state index is 4.85. The molecule has 1 aromatic heterocycles. The molecule has 4 aromatic carbocycles. The molecule has 0 spiro atoms. The predicted octanol–water partition coefficient (Wildman–Crippen LogP) is 4.80. The second-order valence-corrected chi connectivity index (χ2v) is 7.49. The highest BCUT2D eigenvalue weighted by Crippen LogP contribution is 2.27. The van der Waals surface area contributed by atoms with E-state index in [1.807, 2.05) is 60.7 Å². The molecule has 0 N–H and O–H groups in total. The third-order valence-electron chi connectivity index (χ3n) is 5.17. The number of hydrogen-bond donors (Lipinski definition) is 0. The summed E-state index contributed by atoms with van der Waals surface area (Å²) in [5, 5.41) is 0. The van der Waals surface area contributed by atoms with Crippen molar-refractivity contribution in [1.82, 2.24) is 15.0 Å². The maximum atomic E-state index is 4.85. The third kappa shape index (κ3) is 4.14. The quantitative estimate of drug-likeness (QED) is 0.409. The highest BCUT2D eigenvalue weighted by Gasteiger charge is 2.12. The van der Waals surface area contributed by atoms with Crippen molar-refractivity contribution in [3.63, 3.8) is 0 Å². The Balaban J connectivity index is 1.67. The third-order valence-corrected chi connectivity index (χ3v) is 5.17. The van der Waals surface area contributed by atoms with Gasteiger partial charge in [-0.25, -0.2) is 15.0 Å². The molecule has 0 bridgehead atoms. The van der Waals surface area contributed by atoms with Gasteiger partial charge in [0, 0.05) is 16.7 Å². The zero-order chi connectivity index (χ0) is 21.0. The first-order chi connectivity index (χ1) is 15.3. The van der Waals surface area contributed by atoms with Crippen molar-refractivity contribution in [2.24, 2.45) is 0 Å². The van der Waals surface area contributed by atoms with Crippen molar-refractivity contribution in [3.8, 4) is 45.3 Å². The van der Waals surface area contributed by atoms with Crippen LogP contribution in [-0.2, 0) is 0 Å². The highest BCUT2D eigenvalue weighted by molar-refractivity contribution is 6.32. The first-order valence-electron chi connectivity index (χ1n) is 10.3. The van der Waals surface area contributed by atoms with Crippen LogP contribution in [0.5, 0.6) is 0 Å². The van der Waals surface area contributed by atoms with Crippen molar-refractivity contribution in [2.75, 3.05) is 0 Å². The number of rotatable bonds is 4. The standard InChI is InChI=1S/C27H20BN3/c28-24-16-8-15-23(18-24)27-30-25(20-11-5-2-6-12-20)29-26(31-27)22-14-7-13-21(17-22)19-9-3-1-4-10-19/h1-18H,28H2. The molecular weight excluding hydrogens is 377 g/mol. The number of benzene rings is 4. The Kier molecular flexibility index (Phi) is 5.11. The monoisotopic (exact) mass is 397 g/mol. The Morgan fingerprint density at radius 1 is 0.387 bits per heavy atom. The van der Waals surface area contributed by atoms with Gasteiger partial charge in [-0.1, -0.05) is 109 Å². The largest absolute Gasteiger partial charge is 0.208 e. The molecule has 0 radical (unpaired) electrons. The van der Waals surface area contributed by atoms with E-state index in [0.29, 0.717) is 17.5 Å². The molecule has 1 heterocycles. The first kappa shape index (κ1) is 19.0. The zero-order valence-electron chi connectivity index (χ0n) is 17.2. The van der Waals surface area contributed by atoms with Gasteiger partial charge < -0.3 is 0 Å². The minimum atomic E-state index is 0.670. The summed E-state index contributed by atoms with van der Waals surface area (Å²) in [6, 6.07) is 37.0. The van der Waals surface area contributed by atoms with Crippen LogP contribution in [0.25, 0.3) is 45.3 Å². The van der Waals surface area contributed by atoms with Crippen LogP contribution >= 0.6 is 0 Å². The summed E-state index contributed by atoms with van der Waals surface area (Å²) in [5.74, 6) is 2.02. The second kappa shape index (κ2) is 8.37. The van der Waals surface area contributed by atoms with Gasteiger partial charge in [-0.05, 0) is 17.2 Å². The molecule has 0 aliphatic carbocycles. The Morgan fingerprint density at radius 3 is 1.45 bits per heavy atom. The molecule has 5 aromatic rings. The fourth-order valence-corrected chi connectivity index (χ4v) is 3.60. The fourth-order valence-electron chi connectivity index (χ4n) is 3.60. The van der Waals surface area contributed by atoms with Crippen molar-refractivity contribution in [1.29, 1.82) is 0 Å². The van der Waals surface area contributed by atoms with E-state index < -0.39 is 0 Å². The summed E-state index contributed by atoms with van der Waals surface area (Å²) in [6.07, 6.45) is 0. The van der Waals surface area contributed by atoms with E-state index in [4.69, 9.17) is 15.0 Å². The zero-order valence-corrected chi connectivity index (χ0v) is 17.2. The van der Waals surface area contributed by atoms with E-state index in [0.717, 1.165) is 22.3 Å². The summed E-state index contributed by atoms with van der Waals surface area (Å²) in [5.41, 5.74) is 6.40. The van der Waals surface area contributed by atoms with E-state index in [-0.39, 0.29) is 0 Å². The summed E-state index contributed by atoms with van der Waals surface area (Å²) < 4.78 is 0. The van der Waals surface area contributed by atoms with Crippen LogP contribution in [0, 0.1) is 0 Å². The van der Waals surface area contributed by atoms with Gasteiger partial charge in [0.05, 0.1) is 0 Å². The lowest BCUT2D eigenvalue weighted by Crippen LogP contribution is -2.04. The van der Waals surface area contributed by atoms with E-state index in [2.05, 4.69) is 56.4 Å². The predicted molar refractivity (Wildman–Crippen MR) is 130 cm³/mol. The Hall–Kier alpha value is -4.05. The van der Waals surface area contributed by atoms with Crippen molar-refractivity contribution < 1.29 is 0 Å². The molecule has 0 saturated heterocycles. The molecule has 0 saturated carbocycles. The topological polar surface area (TPSA) is 38.7 Å². The van der Waals surface area contributed by atoms with Gasteiger partial charge >= 0.3 is 0 Å². The van der Waals surface area contributed by atoms with Crippen LogP contribution in [-0.4, -0.2) is 22.8 Å².